The maximum absolute atomic E-state index is 11.6. The molecule has 0 aromatic heterocycles. The lowest BCUT2D eigenvalue weighted by molar-refractivity contribution is -0.137. The van der Waals surface area contributed by atoms with Gasteiger partial charge < -0.3 is 35.1 Å². The minimum absolute atomic E-state index is 0.0187. The Labute approximate surface area is 239 Å². The second-order valence-electron chi connectivity index (χ2n) is 9.82. The van der Waals surface area contributed by atoms with Crippen LogP contribution in [0.5, 0.6) is 0 Å². The number of benzene rings is 2. The van der Waals surface area contributed by atoms with Crippen LogP contribution in [0, 0.1) is 0 Å². The first kappa shape index (κ1) is 32.0. The van der Waals surface area contributed by atoms with Crippen molar-refractivity contribution < 1.29 is 43.6 Å². The highest BCUT2D eigenvalue weighted by Crippen LogP contribution is 2.14. The van der Waals surface area contributed by atoms with Crippen LogP contribution in [-0.4, -0.2) is 91.6 Å². The van der Waals surface area contributed by atoms with E-state index in [-0.39, 0.29) is 24.3 Å². The molecular weight excluding hydrogens is 532 g/mol. The first-order valence-electron chi connectivity index (χ1n) is 13.4. The maximum Gasteiger partial charge on any atom is 0.491 e. The van der Waals surface area contributed by atoms with Gasteiger partial charge in [0, 0.05) is 31.1 Å². The number of hydrogen-bond donors (Lipinski definition) is 5. The van der Waals surface area contributed by atoms with Crippen molar-refractivity contribution in [3.05, 3.63) is 58.7 Å². The van der Waals surface area contributed by atoms with E-state index < -0.39 is 20.2 Å². The van der Waals surface area contributed by atoms with Crippen molar-refractivity contribution in [3.8, 4) is 0 Å². The average Bonchev–Trinajstić information content (AvgIpc) is 3.69. The summed E-state index contributed by atoms with van der Waals surface area (Å²) in [6.07, 6.45) is 3.33. The third-order valence-electron chi connectivity index (χ3n) is 6.96. The molecule has 1 atom stereocenters. The number of amides is 2. The van der Waals surface area contributed by atoms with Crippen LogP contribution in [0.15, 0.2) is 36.4 Å². The van der Waals surface area contributed by atoms with Crippen LogP contribution >= 0.6 is 0 Å². The van der Waals surface area contributed by atoms with Crippen LogP contribution in [0.4, 0.5) is 0 Å². The number of aldehydes is 1. The van der Waals surface area contributed by atoms with Crippen LogP contribution in [-0.2, 0) is 32.1 Å². The third-order valence-corrected chi connectivity index (χ3v) is 6.96. The van der Waals surface area contributed by atoms with Gasteiger partial charge in [-0.15, -0.1) is 0 Å². The predicted octanol–water partition coefficient (Wildman–Crippen LogP) is -0.958. The summed E-state index contributed by atoms with van der Waals surface area (Å²) in [6.45, 7) is 2.25. The molecule has 14 heteroatoms. The molecule has 0 saturated carbocycles. The topological polar surface area (TPSA) is 175 Å². The average molecular weight is 567 g/mol. The molecule has 1 unspecified atom stereocenters. The molecule has 3 aliphatic heterocycles. The van der Waals surface area contributed by atoms with Gasteiger partial charge in [0.15, 0.2) is 0 Å². The van der Waals surface area contributed by atoms with Crippen molar-refractivity contribution in [3.63, 3.8) is 0 Å². The molecule has 5 rings (SSSR count). The summed E-state index contributed by atoms with van der Waals surface area (Å²) >= 11 is 0. The molecule has 2 aromatic rings. The standard InChI is InChI=1S/C10H18N2O3.C9H10BNO3.C8H7BO3/c1-12-7-3-4-8(12)10(15)11-6-2-5-9(13)14;1-11-9(12)6-2-3-7-5-14-10(13)8(7)4-6;10-4-6-1-2-7-5-12-9(11)8(7)3-6/h8H,2-7H2,1H3,(H,11,15)(H,13,14);2-4,13H,5H2,1H3,(H,11,12);1-4,11H,5H2. The molecule has 218 valence electrons. The number of nitrogens with one attached hydrogen (secondary N) is 2. The first-order chi connectivity index (χ1) is 19.6. The van der Waals surface area contributed by atoms with Gasteiger partial charge in [-0.25, -0.2) is 0 Å². The minimum atomic E-state index is -0.894. The lowest BCUT2D eigenvalue weighted by Crippen LogP contribution is -2.41. The summed E-state index contributed by atoms with van der Waals surface area (Å²) in [7, 11) is 1.76. The molecule has 3 heterocycles. The van der Waals surface area contributed by atoms with Crippen LogP contribution in [0.2, 0.25) is 0 Å². The number of likely N-dealkylation sites (tertiary alicyclic amines) is 1. The monoisotopic (exact) mass is 567 g/mol. The molecule has 5 N–H and O–H groups in total. The molecule has 2 aromatic carbocycles. The SMILES string of the molecule is CN1CCCC1C(=O)NCCCC(=O)O.CNC(=O)c1ccc2c(c1)B(O)OC2.O=Cc1ccc2c(c1)B(O)OC2. The summed E-state index contributed by atoms with van der Waals surface area (Å²) in [5.41, 5.74) is 4.39. The number of aliphatic carboxylic acids is 1. The fourth-order valence-corrected chi connectivity index (χ4v) is 4.62. The van der Waals surface area contributed by atoms with Gasteiger partial charge in [0.2, 0.25) is 5.91 Å². The molecule has 0 bridgehead atoms. The van der Waals surface area contributed by atoms with Crippen molar-refractivity contribution >= 4 is 49.2 Å². The zero-order valence-electron chi connectivity index (χ0n) is 23.2. The summed E-state index contributed by atoms with van der Waals surface area (Å²) in [4.78, 5) is 45.5. The zero-order valence-corrected chi connectivity index (χ0v) is 23.2. The number of fused-ring (bicyclic) bond motifs is 2. The molecule has 1 fully saturated rings. The summed E-state index contributed by atoms with van der Waals surface area (Å²) in [5, 5.41) is 32.4. The molecule has 12 nitrogen and oxygen atoms in total. The van der Waals surface area contributed by atoms with E-state index >= 15 is 0 Å². The zero-order chi connectivity index (χ0) is 29.9. The number of rotatable bonds is 7. The van der Waals surface area contributed by atoms with E-state index in [1.807, 2.05) is 11.9 Å². The Morgan fingerprint density at radius 3 is 2.24 bits per heavy atom. The summed E-state index contributed by atoms with van der Waals surface area (Å²) in [5.74, 6) is -0.950. The first-order valence-corrected chi connectivity index (χ1v) is 13.4. The normalized spacial score (nSPS) is 16.9. The molecule has 0 aliphatic carbocycles. The van der Waals surface area contributed by atoms with Gasteiger partial charge in [-0.1, -0.05) is 24.3 Å². The van der Waals surface area contributed by atoms with Crippen LogP contribution in [0.25, 0.3) is 0 Å². The predicted molar refractivity (Wildman–Crippen MR) is 152 cm³/mol. The van der Waals surface area contributed by atoms with E-state index in [1.54, 1.807) is 43.4 Å². The number of hydrogen-bond acceptors (Lipinski definition) is 9. The highest BCUT2D eigenvalue weighted by Gasteiger charge is 2.29. The van der Waals surface area contributed by atoms with Crippen molar-refractivity contribution in [2.45, 2.75) is 44.9 Å². The third kappa shape index (κ3) is 8.97. The number of carbonyl (C=O) groups excluding carboxylic acids is 3. The van der Waals surface area contributed by atoms with Crippen molar-refractivity contribution in [1.29, 1.82) is 0 Å². The molecular formula is C27H35B2N3O9. The molecule has 41 heavy (non-hydrogen) atoms. The van der Waals surface area contributed by atoms with Gasteiger partial charge in [0.1, 0.15) is 6.29 Å². The fourth-order valence-electron chi connectivity index (χ4n) is 4.62. The van der Waals surface area contributed by atoms with E-state index in [0.29, 0.717) is 48.2 Å². The molecule has 0 radical (unpaired) electrons. The largest absolute Gasteiger partial charge is 0.491 e. The van der Waals surface area contributed by atoms with Gasteiger partial charge in [0.25, 0.3) is 5.91 Å². The molecule has 1 saturated heterocycles. The fraction of sp³-hybridized carbons (Fsp3) is 0.407. The van der Waals surface area contributed by atoms with E-state index in [0.717, 1.165) is 36.8 Å². The molecule has 3 aliphatic rings. The Morgan fingerprint density at radius 2 is 1.68 bits per heavy atom. The van der Waals surface area contributed by atoms with E-state index in [1.165, 1.54) is 0 Å². The van der Waals surface area contributed by atoms with Crippen LogP contribution in [0.1, 0.15) is 57.5 Å². The minimum Gasteiger partial charge on any atom is -0.481 e. The Bertz CT molecular complexity index is 1250. The van der Waals surface area contributed by atoms with E-state index in [4.69, 9.17) is 14.4 Å². The summed E-state index contributed by atoms with van der Waals surface area (Å²) in [6, 6.07) is 10.3. The van der Waals surface area contributed by atoms with Crippen molar-refractivity contribution in [1.82, 2.24) is 15.5 Å². The number of carbonyl (C=O) groups is 4. The number of carboxylic acid groups (broad SMARTS) is 1. The van der Waals surface area contributed by atoms with Gasteiger partial charge in [0.05, 0.1) is 19.3 Å². The lowest BCUT2D eigenvalue weighted by atomic mass is 9.79. The van der Waals surface area contributed by atoms with E-state index in [2.05, 4.69) is 10.6 Å². The number of carboxylic acids is 1. The lowest BCUT2D eigenvalue weighted by Gasteiger charge is -2.18. The Balaban J connectivity index is 0.000000170. The van der Waals surface area contributed by atoms with Crippen molar-refractivity contribution in [2.24, 2.45) is 0 Å². The highest BCUT2D eigenvalue weighted by atomic mass is 16.5. The molecule has 0 spiro atoms. The van der Waals surface area contributed by atoms with Gasteiger partial charge in [-0.05, 0) is 67.0 Å². The van der Waals surface area contributed by atoms with Gasteiger partial charge in [-0.2, -0.15) is 0 Å². The van der Waals surface area contributed by atoms with Gasteiger partial charge >= 0.3 is 20.2 Å². The second-order valence-corrected chi connectivity index (χ2v) is 9.82. The molecule has 2 amide bonds. The Morgan fingerprint density at radius 1 is 1.05 bits per heavy atom. The van der Waals surface area contributed by atoms with Gasteiger partial charge in [-0.3, -0.25) is 24.1 Å². The number of likely N-dealkylation sites (N-methyl/N-ethyl adjacent to an activating group) is 1. The van der Waals surface area contributed by atoms with E-state index in [9.17, 15) is 29.2 Å². The maximum atomic E-state index is 11.6. The van der Waals surface area contributed by atoms with Crippen molar-refractivity contribution in [2.75, 3.05) is 27.2 Å². The van der Waals surface area contributed by atoms with Crippen LogP contribution < -0.4 is 21.6 Å². The highest BCUT2D eigenvalue weighted by molar-refractivity contribution is 6.62. The van der Waals surface area contributed by atoms with Crippen LogP contribution in [0.3, 0.4) is 0 Å². The Hall–Kier alpha value is -3.55. The Kier molecular flexibility index (Phi) is 12.0. The second kappa shape index (κ2) is 15.5. The quantitative estimate of drug-likeness (QED) is 0.159. The summed E-state index contributed by atoms with van der Waals surface area (Å²) < 4.78 is 9.98. The smallest absolute Gasteiger partial charge is 0.481 e. The number of nitrogens with zero attached hydrogens (tertiary/aromatic N) is 1.